The van der Waals surface area contributed by atoms with E-state index in [-0.39, 0.29) is 5.91 Å². The minimum absolute atomic E-state index is 0.192. The van der Waals surface area contributed by atoms with E-state index in [1.54, 1.807) is 24.3 Å². The highest BCUT2D eigenvalue weighted by Crippen LogP contribution is 2.22. The van der Waals surface area contributed by atoms with Crippen LogP contribution in [-0.4, -0.2) is 27.1 Å². The number of hydrogen-bond donors (Lipinski definition) is 2. The molecule has 2 rings (SSSR count). The topological polar surface area (TPSA) is 75.3 Å². The maximum absolute atomic E-state index is 12.3. The average molecular weight is 373 g/mol. The zero-order chi connectivity index (χ0) is 17.0. The molecule has 8 heteroatoms. The summed E-state index contributed by atoms with van der Waals surface area (Å²) in [6.45, 7) is 2.19. The number of carbonyl (C=O) groups is 1. The number of halogens is 1. The van der Waals surface area contributed by atoms with Crippen LogP contribution in [0, 0.1) is 6.92 Å². The third-order valence-corrected chi connectivity index (χ3v) is 5.17. The minimum Gasteiger partial charge on any atom is -0.321 e. The Morgan fingerprint density at radius 2 is 2.00 bits per heavy atom. The summed E-state index contributed by atoms with van der Waals surface area (Å²) in [6, 6.07) is 8.84. The average Bonchev–Trinajstić information content (AvgIpc) is 2.89. The van der Waals surface area contributed by atoms with E-state index in [0.717, 1.165) is 16.7 Å². The van der Waals surface area contributed by atoms with Crippen LogP contribution in [0.5, 0.6) is 0 Å². The van der Waals surface area contributed by atoms with Crippen LogP contribution in [0.1, 0.15) is 20.1 Å². The first-order valence-corrected chi connectivity index (χ1v) is 9.94. The lowest BCUT2D eigenvalue weighted by Crippen LogP contribution is -2.24. The predicted octanol–water partition coefficient (Wildman–Crippen LogP) is 3.05. The van der Waals surface area contributed by atoms with Gasteiger partial charge in [-0.15, -0.1) is 11.3 Å². The Hall–Kier alpha value is -1.41. The highest BCUT2D eigenvalue weighted by Gasteiger charge is 2.11. The summed E-state index contributed by atoms with van der Waals surface area (Å²) in [4.78, 5) is 13.8. The number of aryl methyl sites for hydroxylation is 1. The Kier molecular flexibility index (Phi) is 5.80. The number of amides is 1. The van der Waals surface area contributed by atoms with E-state index in [2.05, 4.69) is 10.0 Å². The summed E-state index contributed by atoms with van der Waals surface area (Å²) in [6.07, 6.45) is 1.67. The summed E-state index contributed by atoms with van der Waals surface area (Å²) in [7, 11) is -3.19. The van der Waals surface area contributed by atoms with Gasteiger partial charge in [0.2, 0.25) is 10.0 Å². The molecule has 0 saturated carbocycles. The lowest BCUT2D eigenvalue weighted by Gasteiger charge is -2.07. The second-order valence-corrected chi connectivity index (χ2v) is 8.53. The number of hydrogen-bond acceptors (Lipinski definition) is 4. The van der Waals surface area contributed by atoms with Crippen molar-refractivity contribution in [3.8, 4) is 0 Å². The number of benzene rings is 1. The van der Waals surface area contributed by atoms with Crippen LogP contribution in [0.2, 0.25) is 5.02 Å². The van der Waals surface area contributed by atoms with Crippen LogP contribution < -0.4 is 10.0 Å². The molecule has 23 heavy (non-hydrogen) atoms. The van der Waals surface area contributed by atoms with Crippen molar-refractivity contribution in [2.45, 2.75) is 13.3 Å². The van der Waals surface area contributed by atoms with Gasteiger partial charge in [0.25, 0.3) is 5.91 Å². The van der Waals surface area contributed by atoms with E-state index in [1.807, 2.05) is 13.0 Å². The van der Waals surface area contributed by atoms with E-state index < -0.39 is 10.0 Å². The Labute approximate surface area is 144 Å². The largest absolute Gasteiger partial charge is 0.321 e. The zero-order valence-corrected chi connectivity index (χ0v) is 15.1. The molecule has 2 aromatic rings. The van der Waals surface area contributed by atoms with E-state index in [9.17, 15) is 13.2 Å². The van der Waals surface area contributed by atoms with E-state index in [0.29, 0.717) is 28.6 Å². The first-order chi connectivity index (χ1) is 10.7. The van der Waals surface area contributed by atoms with Gasteiger partial charge in [0.15, 0.2) is 0 Å². The molecule has 2 N–H and O–H groups in total. The molecule has 0 aliphatic heterocycles. The summed E-state index contributed by atoms with van der Waals surface area (Å²) in [5, 5.41) is 3.47. The van der Waals surface area contributed by atoms with Crippen LogP contribution in [0.3, 0.4) is 0 Å². The van der Waals surface area contributed by atoms with E-state index in [4.69, 9.17) is 11.6 Å². The Morgan fingerprint density at radius 1 is 1.26 bits per heavy atom. The first-order valence-electron chi connectivity index (χ1n) is 6.85. The molecule has 1 aromatic carbocycles. The van der Waals surface area contributed by atoms with Crippen molar-refractivity contribution in [1.29, 1.82) is 0 Å². The molecule has 0 spiro atoms. The van der Waals surface area contributed by atoms with Gasteiger partial charge >= 0.3 is 0 Å². The van der Waals surface area contributed by atoms with E-state index >= 15 is 0 Å². The standard InChI is InChI=1S/C15H17ClN2O3S2/c1-10-9-11(16)3-5-13(10)18-15(19)14-6-4-12(22-14)7-8-17-23(2,20)21/h3-6,9,17H,7-8H2,1-2H3,(H,18,19). The minimum atomic E-state index is -3.19. The molecule has 124 valence electrons. The Bertz CT molecular complexity index is 816. The van der Waals surface area contributed by atoms with Gasteiger partial charge < -0.3 is 5.32 Å². The van der Waals surface area contributed by atoms with Crippen molar-refractivity contribution in [2.24, 2.45) is 0 Å². The van der Waals surface area contributed by atoms with Crippen LogP contribution in [0.15, 0.2) is 30.3 Å². The monoisotopic (exact) mass is 372 g/mol. The fourth-order valence-electron chi connectivity index (χ4n) is 1.95. The van der Waals surface area contributed by atoms with Crippen molar-refractivity contribution in [3.05, 3.63) is 50.7 Å². The molecule has 0 atom stereocenters. The summed E-state index contributed by atoms with van der Waals surface area (Å²) < 4.78 is 24.5. The molecule has 0 radical (unpaired) electrons. The molecular formula is C15H17ClN2O3S2. The number of sulfonamides is 1. The smallest absolute Gasteiger partial charge is 0.265 e. The highest BCUT2D eigenvalue weighted by atomic mass is 35.5. The van der Waals surface area contributed by atoms with Crippen LogP contribution in [-0.2, 0) is 16.4 Å². The number of rotatable bonds is 6. The molecule has 1 aromatic heterocycles. The molecule has 0 bridgehead atoms. The van der Waals surface area contributed by atoms with Gasteiger partial charge in [-0.3, -0.25) is 4.79 Å². The summed E-state index contributed by atoms with van der Waals surface area (Å²) >= 11 is 7.24. The number of anilines is 1. The lowest BCUT2D eigenvalue weighted by molar-refractivity contribution is 0.103. The second-order valence-electron chi connectivity index (χ2n) is 5.10. The fraction of sp³-hybridized carbons (Fsp3) is 0.267. The molecular weight excluding hydrogens is 356 g/mol. The van der Waals surface area contributed by atoms with Crippen molar-refractivity contribution in [3.63, 3.8) is 0 Å². The summed E-state index contributed by atoms with van der Waals surface area (Å²) in [5.41, 5.74) is 1.60. The molecule has 1 amide bonds. The maximum Gasteiger partial charge on any atom is 0.265 e. The molecule has 0 saturated heterocycles. The number of carbonyl (C=O) groups excluding carboxylic acids is 1. The molecule has 1 heterocycles. The SMILES string of the molecule is Cc1cc(Cl)ccc1NC(=O)c1ccc(CCNS(C)(=O)=O)s1. The van der Waals surface area contributed by atoms with Crippen LogP contribution in [0.25, 0.3) is 0 Å². The van der Waals surface area contributed by atoms with E-state index in [1.165, 1.54) is 11.3 Å². The van der Waals surface area contributed by atoms with Gasteiger partial charge in [0.1, 0.15) is 0 Å². The predicted molar refractivity (Wildman–Crippen MR) is 95.0 cm³/mol. The maximum atomic E-state index is 12.3. The van der Waals surface area contributed by atoms with Crippen LogP contribution >= 0.6 is 22.9 Å². The Balaban J connectivity index is 1.98. The van der Waals surface area contributed by atoms with Crippen molar-refractivity contribution < 1.29 is 13.2 Å². The lowest BCUT2D eigenvalue weighted by atomic mass is 10.2. The van der Waals surface area contributed by atoms with Gasteiger partial charge in [0, 0.05) is 22.1 Å². The van der Waals surface area contributed by atoms with Gasteiger partial charge in [-0.25, -0.2) is 13.1 Å². The molecule has 0 fully saturated rings. The van der Waals surface area contributed by atoms with Crippen molar-refractivity contribution in [1.82, 2.24) is 4.72 Å². The molecule has 0 aliphatic rings. The number of nitrogens with one attached hydrogen (secondary N) is 2. The first kappa shape index (κ1) is 17.9. The third kappa shape index (κ3) is 5.62. The van der Waals surface area contributed by atoms with Gasteiger partial charge in [-0.1, -0.05) is 11.6 Å². The fourth-order valence-corrected chi connectivity index (χ4v) is 3.55. The van der Waals surface area contributed by atoms with Crippen LogP contribution in [0.4, 0.5) is 5.69 Å². The van der Waals surface area contributed by atoms with Crippen molar-refractivity contribution >= 4 is 44.6 Å². The normalized spacial score (nSPS) is 11.4. The highest BCUT2D eigenvalue weighted by molar-refractivity contribution is 7.88. The molecule has 0 unspecified atom stereocenters. The zero-order valence-electron chi connectivity index (χ0n) is 12.7. The van der Waals surface area contributed by atoms with Crippen molar-refractivity contribution in [2.75, 3.05) is 18.1 Å². The van der Waals surface area contributed by atoms with Gasteiger partial charge in [0.05, 0.1) is 11.1 Å². The molecule has 0 aliphatic carbocycles. The quantitative estimate of drug-likeness (QED) is 0.818. The van der Waals surface area contributed by atoms with Gasteiger partial charge in [-0.05, 0) is 49.2 Å². The third-order valence-electron chi connectivity index (χ3n) is 3.06. The molecule has 5 nitrogen and oxygen atoms in total. The number of thiophene rings is 1. The second kappa shape index (κ2) is 7.44. The Morgan fingerprint density at radius 3 is 2.65 bits per heavy atom. The van der Waals surface area contributed by atoms with Gasteiger partial charge in [-0.2, -0.15) is 0 Å². The summed E-state index contributed by atoms with van der Waals surface area (Å²) in [5.74, 6) is -0.192.